The normalized spacial score (nSPS) is 23.9. The Bertz CT molecular complexity index is 851. The van der Waals surface area contributed by atoms with Crippen LogP contribution in [0.2, 0.25) is 0 Å². The minimum atomic E-state index is -0.953. The van der Waals surface area contributed by atoms with Gasteiger partial charge in [-0.3, -0.25) is 0 Å². The van der Waals surface area contributed by atoms with E-state index in [1.165, 1.54) is 11.6 Å². The zero-order valence-corrected chi connectivity index (χ0v) is 15.4. The molecule has 2 fully saturated rings. The van der Waals surface area contributed by atoms with Crippen LogP contribution in [0.1, 0.15) is 40.2 Å². The van der Waals surface area contributed by atoms with E-state index in [4.69, 9.17) is 5.11 Å². The number of aryl methyl sites for hydroxylation is 1. The van der Waals surface area contributed by atoms with Crippen molar-refractivity contribution in [3.05, 3.63) is 65.2 Å². The van der Waals surface area contributed by atoms with Gasteiger partial charge >= 0.3 is 12.0 Å². The molecule has 1 saturated carbocycles. The summed E-state index contributed by atoms with van der Waals surface area (Å²) in [4.78, 5) is 25.6. The van der Waals surface area contributed by atoms with Gasteiger partial charge in [-0.2, -0.15) is 0 Å². The zero-order valence-electron chi connectivity index (χ0n) is 15.4. The van der Waals surface area contributed by atoms with E-state index >= 15 is 0 Å². The van der Waals surface area contributed by atoms with Crippen LogP contribution >= 0.6 is 0 Å². The predicted octanol–water partition coefficient (Wildman–Crippen LogP) is 4.35. The van der Waals surface area contributed by atoms with Gasteiger partial charge < -0.3 is 15.3 Å². The number of hydrogen-bond donors (Lipinski definition) is 2. The van der Waals surface area contributed by atoms with Gasteiger partial charge in [-0.25, -0.2) is 9.59 Å². The number of aromatic carboxylic acids is 1. The number of nitrogens with zero attached hydrogens (tertiary/aromatic N) is 1. The maximum Gasteiger partial charge on any atom is 0.335 e. The highest BCUT2D eigenvalue weighted by Gasteiger charge is 2.42. The molecule has 5 heteroatoms. The van der Waals surface area contributed by atoms with Crippen LogP contribution in [0.5, 0.6) is 0 Å². The third-order valence-corrected chi connectivity index (χ3v) is 6.02. The summed E-state index contributed by atoms with van der Waals surface area (Å²) in [5, 5.41) is 12.0. The molecule has 0 bridgehead atoms. The number of rotatable bonds is 3. The molecule has 1 aliphatic heterocycles. The number of carbonyl (C=O) groups excluding carboxylic acids is 1. The molecular formula is C22H24N2O3. The standard InChI is InChI=1S/C22H24N2O3/c1-14-9-19(7-8-20(14)21(25)26)23-22(27)24-12-17-10-16(11-18(17)13-24)15-5-3-2-4-6-15/h2-9,16-18H,10-13H2,1H3,(H,23,27)(H,25,26). The lowest BCUT2D eigenvalue weighted by Gasteiger charge is -2.20. The average Bonchev–Trinajstić information content (AvgIpc) is 3.21. The first kappa shape index (κ1) is 17.6. The van der Waals surface area contributed by atoms with Crippen molar-refractivity contribution in [3.8, 4) is 0 Å². The van der Waals surface area contributed by atoms with E-state index < -0.39 is 5.97 Å². The molecular weight excluding hydrogens is 340 g/mol. The molecule has 0 spiro atoms. The number of carbonyl (C=O) groups is 2. The third-order valence-electron chi connectivity index (χ3n) is 6.02. The van der Waals surface area contributed by atoms with Crippen LogP contribution < -0.4 is 5.32 Å². The fourth-order valence-corrected chi connectivity index (χ4v) is 4.65. The Morgan fingerprint density at radius 1 is 1.04 bits per heavy atom. The quantitative estimate of drug-likeness (QED) is 0.851. The van der Waals surface area contributed by atoms with E-state index in [2.05, 4.69) is 35.6 Å². The highest BCUT2D eigenvalue weighted by molar-refractivity contribution is 5.93. The van der Waals surface area contributed by atoms with Crippen LogP contribution in [0.15, 0.2) is 48.5 Å². The number of benzene rings is 2. The molecule has 1 heterocycles. The minimum Gasteiger partial charge on any atom is -0.478 e. The lowest BCUT2D eigenvalue weighted by molar-refractivity contribution is 0.0696. The van der Waals surface area contributed by atoms with Crippen molar-refractivity contribution < 1.29 is 14.7 Å². The summed E-state index contributed by atoms with van der Waals surface area (Å²) in [7, 11) is 0. The Hall–Kier alpha value is -2.82. The van der Waals surface area contributed by atoms with Crippen molar-refractivity contribution in [2.75, 3.05) is 18.4 Å². The molecule has 2 aromatic carbocycles. The zero-order chi connectivity index (χ0) is 19.0. The third kappa shape index (κ3) is 3.54. The van der Waals surface area contributed by atoms with Crippen LogP contribution in [0.4, 0.5) is 10.5 Å². The topological polar surface area (TPSA) is 69.6 Å². The smallest absolute Gasteiger partial charge is 0.335 e. The van der Waals surface area contributed by atoms with E-state index in [1.807, 2.05) is 4.90 Å². The highest BCUT2D eigenvalue weighted by atomic mass is 16.4. The number of fused-ring (bicyclic) bond motifs is 1. The molecule has 0 aromatic heterocycles. The van der Waals surface area contributed by atoms with Crippen LogP contribution in [0.3, 0.4) is 0 Å². The van der Waals surface area contributed by atoms with Crippen molar-refractivity contribution >= 4 is 17.7 Å². The van der Waals surface area contributed by atoms with Gasteiger partial charge in [0.25, 0.3) is 0 Å². The number of anilines is 1. The molecule has 4 rings (SSSR count). The monoisotopic (exact) mass is 364 g/mol. The Kier molecular flexibility index (Phi) is 4.60. The first-order chi connectivity index (χ1) is 13.0. The molecule has 5 nitrogen and oxygen atoms in total. The molecule has 27 heavy (non-hydrogen) atoms. The molecule has 2 amide bonds. The Morgan fingerprint density at radius 3 is 2.30 bits per heavy atom. The fraction of sp³-hybridized carbons (Fsp3) is 0.364. The first-order valence-electron chi connectivity index (χ1n) is 9.46. The summed E-state index contributed by atoms with van der Waals surface area (Å²) in [5.74, 6) is 0.789. The number of carboxylic acid groups (broad SMARTS) is 1. The van der Waals surface area contributed by atoms with E-state index in [-0.39, 0.29) is 11.6 Å². The maximum absolute atomic E-state index is 12.6. The number of hydrogen-bond acceptors (Lipinski definition) is 2. The summed E-state index contributed by atoms with van der Waals surface area (Å²) in [6.45, 7) is 3.33. The molecule has 2 aromatic rings. The average molecular weight is 364 g/mol. The van der Waals surface area contributed by atoms with Gasteiger partial charge in [0.1, 0.15) is 0 Å². The van der Waals surface area contributed by atoms with Crippen molar-refractivity contribution in [1.82, 2.24) is 4.90 Å². The van der Waals surface area contributed by atoms with E-state index in [0.29, 0.717) is 29.0 Å². The number of urea groups is 1. The van der Waals surface area contributed by atoms with Gasteiger partial charge in [-0.1, -0.05) is 30.3 Å². The highest BCUT2D eigenvalue weighted by Crippen LogP contribution is 2.46. The van der Waals surface area contributed by atoms with Gasteiger partial charge in [0.15, 0.2) is 0 Å². The van der Waals surface area contributed by atoms with Crippen LogP contribution in [-0.4, -0.2) is 35.1 Å². The maximum atomic E-state index is 12.6. The molecule has 2 N–H and O–H groups in total. The minimum absolute atomic E-state index is 0.0943. The lowest BCUT2D eigenvalue weighted by Crippen LogP contribution is -2.33. The second-order valence-electron chi connectivity index (χ2n) is 7.77. The lowest BCUT2D eigenvalue weighted by atomic mass is 9.96. The van der Waals surface area contributed by atoms with Gasteiger partial charge in [0.05, 0.1) is 5.56 Å². The summed E-state index contributed by atoms with van der Waals surface area (Å²) >= 11 is 0. The summed E-state index contributed by atoms with van der Waals surface area (Å²) < 4.78 is 0. The van der Waals surface area contributed by atoms with Crippen molar-refractivity contribution in [2.24, 2.45) is 11.8 Å². The van der Waals surface area contributed by atoms with E-state index in [1.54, 1.807) is 19.1 Å². The van der Waals surface area contributed by atoms with E-state index in [9.17, 15) is 9.59 Å². The van der Waals surface area contributed by atoms with Crippen LogP contribution in [0, 0.1) is 18.8 Å². The molecule has 2 unspecified atom stereocenters. The van der Waals surface area contributed by atoms with Crippen molar-refractivity contribution in [3.63, 3.8) is 0 Å². The van der Waals surface area contributed by atoms with Gasteiger partial charge in [-0.05, 0) is 66.8 Å². The Labute approximate surface area is 159 Å². The number of carboxylic acids is 1. The summed E-state index contributed by atoms with van der Waals surface area (Å²) in [6, 6.07) is 15.5. The summed E-state index contributed by atoms with van der Waals surface area (Å²) in [6.07, 6.45) is 2.29. The Balaban J connectivity index is 1.36. The molecule has 140 valence electrons. The molecule has 0 radical (unpaired) electrons. The van der Waals surface area contributed by atoms with Crippen molar-refractivity contribution in [1.29, 1.82) is 0 Å². The second-order valence-corrected chi connectivity index (χ2v) is 7.77. The predicted molar refractivity (Wildman–Crippen MR) is 104 cm³/mol. The van der Waals surface area contributed by atoms with Crippen LogP contribution in [0.25, 0.3) is 0 Å². The fourth-order valence-electron chi connectivity index (χ4n) is 4.65. The Morgan fingerprint density at radius 2 is 1.70 bits per heavy atom. The van der Waals surface area contributed by atoms with Crippen molar-refractivity contribution in [2.45, 2.75) is 25.7 Å². The van der Waals surface area contributed by atoms with Gasteiger partial charge in [0, 0.05) is 18.8 Å². The SMILES string of the molecule is Cc1cc(NC(=O)N2CC3CC(c4ccccc4)CC3C2)ccc1C(=O)O. The molecule has 1 aliphatic carbocycles. The van der Waals surface area contributed by atoms with Gasteiger partial charge in [-0.15, -0.1) is 0 Å². The molecule has 2 aliphatic rings. The number of nitrogens with one attached hydrogen (secondary N) is 1. The number of amides is 2. The second kappa shape index (κ2) is 7.06. The largest absolute Gasteiger partial charge is 0.478 e. The van der Waals surface area contributed by atoms with Gasteiger partial charge in [0.2, 0.25) is 0 Å². The first-order valence-corrected chi connectivity index (χ1v) is 9.46. The van der Waals surface area contributed by atoms with Crippen LogP contribution in [-0.2, 0) is 0 Å². The summed E-state index contributed by atoms with van der Waals surface area (Å²) in [5.41, 5.74) is 2.96. The molecule has 1 saturated heterocycles. The number of likely N-dealkylation sites (tertiary alicyclic amines) is 1. The molecule has 2 atom stereocenters. The van der Waals surface area contributed by atoms with E-state index in [0.717, 1.165) is 25.9 Å².